The van der Waals surface area contributed by atoms with Gasteiger partial charge in [0.2, 0.25) is 0 Å². The van der Waals surface area contributed by atoms with Crippen molar-refractivity contribution < 1.29 is 0 Å². The zero-order valence-corrected chi connectivity index (χ0v) is 13.0. The fraction of sp³-hybridized carbons (Fsp3) is 0.538. The van der Waals surface area contributed by atoms with Gasteiger partial charge in [-0.05, 0) is 59.7 Å². The third kappa shape index (κ3) is 3.60. The number of hydrogen-bond donors (Lipinski definition) is 1. The average molecular weight is 352 g/mol. The Morgan fingerprint density at radius 3 is 2.62 bits per heavy atom. The van der Waals surface area contributed by atoms with E-state index in [2.05, 4.69) is 60.0 Å². The van der Waals surface area contributed by atoms with Crippen molar-refractivity contribution in [3.05, 3.63) is 32.4 Å². The van der Waals surface area contributed by atoms with E-state index in [1.807, 2.05) is 7.05 Å². The molecule has 0 aliphatic carbocycles. The fourth-order valence-corrected chi connectivity index (χ4v) is 2.63. The second-order valence-electron chi connectivity index (χ2n) is 4.21. The van der Waals surface area contributed by atoms with Gasteiger partial charge in [0.25, 0.3) is 0 Å². The summed E-state index contributed by atoms with van der Waals surface area (Å²) in [4.78, 5) is 0. The van der Waals surface area contributed by atoms with Crippen molar-refractivity contribution in [2.45, 2.75) is 32.7 Å². The third-order valence-electron chi connectivity index (χ3n) is 2.93. The quantitative estimate of drug-likeness (QED) is 0.762. The van der Waals surface area contributed by atoms with E-state index in [-0.39, 0.29) is 0 Å². The van der Waals surface area contributed by atoms with Crippen LogP contribution in [-0.4, -0.2) is 7.05 Å². The number of benzene rings is 1. The molecule has 1 rings (SSSR count). The largest absolute Gasteiger partial charge is 0.313 e. The molecule has 0 aliphatic rings. The molecule has 0 saturated heterocycles. The van der Waals surface area contributed by atoms with Crippen LogP contribution in [0, 0.1) is 9.49 Å². The summed E-state index contributed by atoms with van der Waals surface area (Å²) in [6.45, 7) is 4.51. The van der Waals surface area contributed by atoms with Gasteiger partial charge in [0, 0.05) is 9.61 Å². The van der Waals surface area contributed by atoms with Crippen LogP contribution in [-0.2, 0) is 0 Å². The smallest absolute Gasteiger partial charge is 0.0542 e. The Hall–Kier alpha value is 0.200. The first-order valence-corrected chi connectivity index (χ1v) is 7.18. The Balaban J connectivity index is 2.90. The van der Waals surface area contributed by atoms with Crippen molar-refractivity contribution in [2.75, 3.05) is 7.05 Å². The molecule has 2 unspecified atom stereocenters. The van der Waals surface area contributed by atoms with E-state index in [1.165, 1.54) is 18.4 Å². The van der Waals surface area contributed by atoms with Gasteiger partial charge in [0.05, 0.1) is 5.02 Å². The van der Waals surface area contributed by atoms with E-state index in [4.69, 9.17) is 11.6 Å². The minimum atomic E-state index is 0.398. The number of nitrogens with one attached hydrogen (secondary N) is 1. The lowest BCUT2D eigenvalue weighted by Crippen LogP contribution is -2.23. The summed E-state index contributed by atoms with van der Waals surface area (Å²) in [5, 5.41) is 4.24. The van der Waals surface area contributed by atoms with Crippen LogP contribution in [0.15, 0.2) is 18.2 Å². The highest BCUT2D eigenvalue weighted by Crippen LogP contribution is 2.29. The molecule has 16 heavy (non-hydrogen) atoms. The number of hydrogen-bond acceptors (Lipinski definition) is 1. The van der Waals surface area contributed by atoms with E-state index >= 15 is 0 Å². The molecule has 0 aliphatic heterocycles. The second-order valence-corrected chi connectivity index (χ2v) is 5.78. The van der Waals surface area contributed by atoms with Crippen LogP contribution >= 0.6 is 34.2 Å². The van der Waals surface area contributed by atoms with Gasteiger partial charge in [-0.15, -0.1) is 0 Å². The van der Waals surface area contributed by atoms with Crippen LogP contribution in [0.2, 0.25) is 5.02 Å². The molecule has 0 spiro atoms. The summed E-state index contributed by atoms with van der Waals surface area (Å²) in [6, 6.07) is 6.73. The van der Waals surface area contributed by atoms with Crippen LogP contribution in [0.5, 0.6) is 0 Å². The minimum absolute atomic E-state index is 0.398. The summed E-state index contributed by atoms with van der Waals surface area (Å²) in [5.41, 5.74) is 1.29. The SMILES string of the molecule is CCCC(C)C(NC)c1ccc(I)c(Cl)c1. The summed E-state index contributed by atoms with van der Waals surface area (Å²) >= 11 is 8.42. The van der Waals surface area contributed by atoms with E-state index in [0.717, 1.165) is 8.59 Å². The lowest BCUT2D eigenvalue weighted by Gasteiger charge is -2.24. The van der Waals surface area contributed by atoms with Crippen molar-refractivity contribution in [1.29, 1.82) is 0 Å². The molecule has 1 aromatic rings. The van der Waals surface area contributed by atoms with Gasteiger partial charge >= 0.3 is 0 Å². The Bertz CT molecular complexity index is 341. The minimum Gasteiger partial charge on any atom is -0.313 e. The predicted octanol–water partition coefficient (Wildman–Crippen LogP) is 4.64. The maximum absolute atomic E-state index is 6.16. The topological polar surface area (TPSA) is 12.0 Å². The molecule has 90 valence electrons. The standard InChI is InChI=1S/C13H19ClIN/c1-4-5-9(2)13(16-3)10-6-7-12(15)11(14)8-10/h6-9,13,16H,4-5H2,1-3H3. The fourth-order valence-electron chi connectivity index (χ4n) is 2.11. The van der Waals surface area contributed by atoms with E-state index < -0.39 is 0 Å². The van der Waals surface area contributed by atoms with Crippen LogP contribution in [0.1, 0.15) is 38.3 Å². The molecule has 0 saturated carbocycles. The van der Waals surface area contributed by atoms with Crippen molar-refractivity contribution >= 4 is 34.2 Å². The van der Waals surface area contributed by atoms with E-state index in [9.17, 15) is 0 Å². The highest BCUT2D eigenvalue weighted by molar-refractivity contribution is 14.1. The normalized spacial score (nSPS) is 14.8. The molecule has 1 N–H and O–H groups in total. The number of rotatable bonds is 5. The van der Waals surface area contributed by atoms with Gasteiger partial charge in [-0.2, -0.15) is 0 Å². The highest BCUT2D eigenvalue weighted by Gasteiger charge is 2.17. The Morgan fingerprint density at radius 1 is 1.44 bits per heavy atom. The van der Waals surface area contributed by atoms with Gasteiger partial charge in [0.1, 0.15) is 0 Å². The molecular formula is C13H19ClIN. The average Bonchev–Trinajstić information content (AvgIpc) is 2.25. The summed E-state index contributed by atoms with van der Waals surface area (Å²) in [6.07, 6.45) is 2.45. The maximum atomic E-state index is 6.16. The van der Waals surface area contributed by atoms with E-state index in [1.54, 1.807) is 0 Å². The van der Waals surface area contributed by atoms with Crippen molar-refractivity contribution in [3.63, 3.8) is 0 Å². The van der Waals surface area contributed by atoms with Gasteiger partial charge in [-0.3, -0.25) is 0 Å². The first-order valence-electron chi connectivity index (χ1n) is 5.72. The number of halogens is 2. The Morgan fingerprint density at radius 2 is 2.12 bits per heavy atom. The van der Waals surface area contributed by atoms with Crippen molar-refractivity contribution in [1.82, 2.24) is 5.32 Å². The molecule has 3 heteroatoms. The third-order valence-corrected chi connectivity index (χ3v) is 4.50. The molecule has 1 aromatic carbocycles. The highest BCUT2D eigenvalue weighted by atomic mass is 127. The van der Waals surface area contributed by atoms with E-state index in [0.29, 0.717) is 12.0 Å². The molecule has 0 fully saturated rings. The van der Waals surface area contributed by atoms with Gasteiger partial charge in [-0.1, -0.05) is 37.9 Å². The van der Waals surface area contributed by atoms with Crippen molar-refractivity contribution in [3.8, 4) is 0 Å². The molecule has 0 amide bonds. The van der Waals surface area contributed by atoms with Gasteiger partial charge in [-0.25, -0.2) is 0 Å². The van der Waals surface area contributed by atoms with Gasteiger partial charge in [0.15, 0.2) is 0 Å². The molecule has 0 bridgehead atoms. The van der Waals surface area contributed by atoms with Crippen LogP contribution in [0.4, 0.5) is 0 Å². The summed E-state index contributed by atoms with van der Waals surface area (Å²) < 4.78 is 1.11. The summed E-state index contributed by atoms with van der Waals surface area (Å²) in [5.74, 6) is 0.631. The molecule has 0 aromatic heterocycles. The molecule has 2 atom stereocenters. The van der Waals surface area contributed by atoms with Gasteiger partial charge < -0.3 is 5.32 Å². The van der Waals surface area contributed by atoms with Crippen molar-refractivity contribution in [2.24, 2.45) is 5.92 Å². The lowest BCUT2D eigenvalue weighted by molar-refractivity contribution is 0.384. The first-order chi connectivity index (χ1) is 7.60. The molecule has 1 nitrogen and oxygen atoms in total. The Labute approximate surface area is 117 Å². The maximum Gasteiger partial charge on any atom is 0.0542 e. The van der Waals surface area contributed by atoms with Crippen LogP contribution < -0.4 is 5.32 Å². The zero-order valence-electron chi connectivity index (χ0n) is 10.1. The second kappa shape index (κ2) is 6.82. The zero-order chi connectivity index (χ0) is 12.1. The molecule has 0 heterocycles. The monoisotopic (exact) mass is 351 g/mol. The molecule has 0 radical (unpaired) electrons. The van der Waals surface area contributed by atoms with Crippen LogP contribution in [0.3, 0.4) is 0 Å². The summed E-state index contributed by atoms with van der Waals surface area (Å²) in [7, 11) is 2.02. The lowest BCUT2D eigenvalue weighted by atomic mass is 9.91. The molecular weight excluding hydrogens is 333 g/mol. The first kappa shape index (κ1) is 14.3. The van der Waals surface area contributed by atoms with Crippen LogP contribution in [0.25, 0.3) is 0 Å². The predicted molar refractivity (Wildman–Crippen MR) is 80.0 cm³/mol. The Kier molecular flexibility index (Phi) is 6.08.